The van der Waals surface area contributed by atoms with Crippen LogP contribution in [-0.2, 0) is 6.42 Å². The van der Waals surface area contributed by atoms with Crippen LogP contribution in [-0.4, -0.2) is 32.7 Å². The zero-order chi connectivity index (χ0) is 14.1. The van der Waals surface area contributed by atoms with Gasteiger partial charge in [-0.05, 0) is 31.7 Å². The summed E-state index contributed by atoms with van der Waals surface area (Å²) in [6.45, 7) is 4.73. The predicted octanol–water partition coefficient (Wildman–Crippen LogP) is 2.25. The number of hydrogen-bond acceptors (Lipinski definition) is 4. The predicted molar refractivity (Wildman–Crippen MR) is 72.2 cm³/mol. The van der Waals surface area contributed by atoms with Gasteiger partial charge in [0.15, 0.2) is 0 Å². The Morgan fingerprint density at radius 3 is 3.10 bits per heavy atom. The third-order valence-electron chi connectivity index (χ3n) is 3.85. The number of amides is 1. The molecule has 1 aliphatic rings. The van der Waals surface area contributed by atoms with Crippen molar-refractivity contribution >= 4 is 5.91 Å². The molecule has 6 nitrogen and oxygen atoms in total. The third-order valence-corrected chi connectivity index (χ3v) is 3.85. The van der Waals surface area contributed by atoms with Crippen molar-refractivity contribution in [3.63, 3.8) is 0 Å². The van der Waals surface area contributed by atoms with Crippen LogP contribution in [0.2, 0.25) is 0 Å². The van der Waals surface area contributed by atoms with Crippen molar-refractivity contribution in [2.24, 2.45) is 0 Å². The maximum atomic E-state index is 12.6. The molecule has 0 saturated carbocycles. The second kappa shape index (κ2) is 5.11. The zero-order valence-corrected chi connectivity index (χ0v) is 11.7. The Hall–Kier alpha value is -2.11. The van der Waals surface area contributed by atoms with Gasteiger partial charge in [-0.15, -0.1) is 0 Å². The SMILES string of the molecule is CCc1cc(C(=O)N2CCC[C@@H]2c2[nH]ncc2C)on1. The molecule has 1 fully saturated rings. The van der Waals surface area contributed by atoms with Crippen LogP contribution in [0.1, 0.15) is 53.3 Å². The second-order valence-corrected chi connectivity index (χ2v) is 5.16. The molecule has 2 aromatic rings. The molecule has 0 spiro atoms. The Bertz CT molecular complexity index is 616. The van der Waals surface area contributed by atoms with Crippen LogP contribution in [0.4, 0.5) is 0 Å². The number of hydrogen-bond donors (Lipinski definition) is 1. The molecule has 1 N–H and O–H groups in total. The third kappa shape index (κ3) is 2.11. The molecule has 2 aromatic heterocycles. The summed E-state index contributed by atoms with van der Waals surface area (Å²) >= 11 is 0. The van der Waals surface area contributed by atoms with Gasteiger partial charge in [-0.2, -0.15) is 5.10 Å². The molecule has 1 aliphatic heterocycles. The first-order valence-electron chi connectivity index (χ1n) is 6.97. The molecule has 1 amide bonds. The summed E-state index contributed by atoms with van der Waals surface area (Å²) in [7, 11) is 0. The van der Waals surface area contributed by atoms with Gasteiger partial charge in [-0.25, -0.2) is 0 Å². The van der Waals surface area contributed by atoms with E-state index in [1.165, 1.54) is 0 Å². The summed E-state index contributed by atoms with van der Waals surface area (Å²) in [5.74, 6) is 0.236. The van der Waals surface area contributed by atoms with E-state index in [2.05, 4.69) is 15.4 Å². The number of likely N-dealkylation sites (tertiary alicyclic amines) is 1. The number of nitrogens with one attached hydrogen (secondary N) is 1. The first kappa shape index (κ1) is 12.9. The number of carbonyl (C=O) groups excluding carboxylic acids is 1. The lowest BCUT2D eigenvalue weighted by atomic mass is 10.1. The number of rotatable bonds is 3. The maximum absolute atomic E-state index is 12.6. The van der Waals surface area contributed by atoms with E-state index in [4.69, 9.17) is 4.52 Å². The zero-order valence-electron chi connectivity index (χ0n) is 11.7. The highest BCUT2D eigenvalue weighted by molar-refractivity contribution is 5.92. The summed E-state index contributed by atoms with van der Waals surface area (Å²) in [6.07, 6.45) is 4.49. The first-order chi connectivity index (χ1) is 9.70. The molecule has 0 radical (unpaired) electrons. The van der Waals surface area contributed by atoms with Crippen molar-refractivity contribution < 1.29 is 9.32 Å². The molecular formula is C14H18N4O2. The Balaban J connectivity index is 1.85. The van der Waals surface area contributed by atoms with Crippen molar-refractivity contribution in [1.29, 1.82) is 0 Å². The molecule has 0 aliphatic carbocycles. The minimum Gasteiger partial charge on any atom is -0.351 e. The molecule has 6 heteroatoms. The van der Waals surface area contributed by atoms with E-state index < -0.39 is 0 Å². The maximum Gasteiger partial charge on any atom is 0.293 e. The van der Waals surface area contributed by atoms with E-state index in [-0.39, 0.29) is 11.9 Å². The van der Waals surface area contributed by atoms with Crippen LogP contribution < -0.4 is 0 Å². The van der Waals surface area contributed by atoms with Crippen LogP contribution in [0, 0.1) is 6.92 Å². The van der Waals surface area contributed by atoms with Gasteiger partial charge in [0.2, 0.25) is 5.76 Å². The Labute approximate surface area is 117 Å². The molecule has 1 saturated heterocycles. The van der Waals surface area contributed by atoms with Gasteiger partial charge < -0.3 is 9.42 Å². The standard InChI is InChI=1S/C14H18N4O2/c1-3-10-7-12(20-17-10)14(19)18-6-4-5-11(18)13-9(2)8-15-16-13/h7-8,11H,3-6H2,1-2H3,(H,15,16)/t11-/m1/s1. The van der Waals surface area contributed by atoms with Crippen LogP contribution in [0.15, 0.2) is 16.8 Å². The lowest BCUT2D eigenvalue weighted by Crippen LogP contribution is -2.30. The number of H-pyrrole nitrogens is 1. The fourth-order valence-corrected chi connectivity index (χ4v) is 2.72. The second-order valence-electron chi connectivity index (χ2n) is 5.16. The summed E-state index contributed by atoms with van der Waals surface area (Å²) in [5.41, 5.74) is 2.91. The monoisotopic (exact) mass is 274 g/mol. The van der Waals surface area contributed by atoms with E-state index in [1.807, 2.05) is 18.7 Å². The molecule has 0 aromatic carbocycles. The molecule has 3 heterocycles. The Kier molecular flexibility index (Phi) is 3.30. The molecule has 3 rings (SSSR count). The van der Waals surface area contributed by atoms with E-state index in [1.54, 1.807) is 12.3 Å². The molecule has 0 bridgehead atoms. The first-order valence-corrected chi connectivity index (χ1v) is 6.97. The Morgan fingerprint density at radius 1 is 1.60 bits per heavy atom. The van der Waals surface area contributed by atoms with Crippen molar-refractivity contribution in [3.8, 4) is 0 Å². The van der Waals surface area contributed by atoms with Crippen LogP contribution >= 0.6 is 0 Å². The van der Waals surface area contributed by atoms with Crippen LogP contribution in [0.5, 0.6) is 0 Å². The molecule has 0 unspecified atom stereocenters. The quantitative estimate of drug-likeness (QED) is 0.931. The molecule has 106 valence electrons. The highest BCUT2D eigenvalue weighted by Crippen LogP contribution is 2.33. The number of carbonyl (C=O) groups is 1. The normalized spacial score (nSPS) is 18.7. The fourth-order valence-electron chi connectivity index (χ4n) is 2.72. The van der Waals surface area contributed by atoms with Crippen molar-refractivity contribution in [2.45, 2.75) is 39.2 Å². The summed E-state index contributed by atoms with van der Waals surface area (Å²) in [6, 6.07) is 1.79. The summed E-state index contributed by atoms with van der Waals surface area (Å²) < 4.78 is 5.16. The molecular weight excluding hydrogens is 256 g/mol. The number of nitrogens with zero attached hydrogens (tertiary/aromatic N) is 3. The van der Waals surface area contributed by atoms with Gasteiger partial charge in [0, 0.05) is 12.6 Å². The van der Waals surface area contributed by atoms with Gasteiger partial charge >= 0.3 is 0 Å². The van der Waals surface area contributed by atoms with Crippen molar-refractivity contribution in [2.75, 3.05) is 6.54 Å². The van der Waals surface area contributed by atoms with Gasteiger partial charge in [0.05, 0.1) is 23.6 Å². The van der Waals surface area contributed by atoms with Crippen LogP contribution in [0.25, 0.3) is 0 Å². The van der Waals surface area contributed by atoms with Gasteiger partial charge in [0.25, 0.3) is 5.91 Å². The van der Waals surface area contributed by atoms with E-state index in [0.29, 0.717) is 5.76 Å². The lowest BCUT2D eigenvalue weighted by Gasteiger charge is -2.23. The summed E-state index contributed by atoms with van der Waals surface area (Å²) in [4.78, 5) is 14.4. The van der Waals surface area contributed by atoms with E-state index in [9.17, 15) is 4.79 Å². The molecule has 1 atom stereocenters. The van der Waals surface area contributed by atoms with E-state index >= 15 is 0 Å². The minimum absolute atomic E-state index is 0.0557. The van der Waals surface area contributed by atoms with E-state index in [0.717, 1.165) is 42.8 Å². The number of aryl methyl sites for hydroxylation is 2. The average molecular weight is 274 g/mol. The number of aromatic nitrogens is 3. The van der Waals surface area contributed by atoms with Gasteiger partial charge in [-0.1, -0.05) is 12.1 Å². The topological polar surface area (TPSA) is 75.0 Å². The van der Waals surface area contributed by atoms with Crippen molar-refractivity contribution in [1.82, 2.24) is 20.3 Å². The average Bonchev–Trinajstić information content (AvgIpc) is 3.17. The summed E-state index contributed by atoms with van der Waals surface area (Å²) in [5, 5.41) is 11.0. The largest absolute Gasteiger partial charge is 0.351 e. The highest BCUT2D eigenvalue weighted by atomic mass is 16.5. The van der Waals surface area contributed by atoms with Gasteiger partial charge in [-0.3, -0.25) is 9.89 Å². The Morgan fingerprint density at radius 2 is 2.45 bits per heavy atom. The van der Waals surface area contributed by atoms with Gasteiger partial charge in [0.1, 0.15) is 0 Å². The van der Waals surface area contributed by atoms with Crippen LogP contribution in [0.3, 0.4) is 0 Å². The van der Waals surface area contributed by atoms with Crippen molar-refractivity contribution in [3.05, 3.63) is 35.0 Å². The fraction of sp³-hybridized carbons (Fsp3) is 0.500. The lowest BCUT2D eigenvalue weighted by molar-refractivity contribution is 0.0690. The number of aromatic amines is 1. The smallest absolute Gasteiger partial charge is 0.293 e. The minimum atomic E-state index is -0.0892. The highest BCUT2D eigenvalue weighted by Gasteiger charge is 2.34. The molecule has 20 heavy (non-hydrogen) atoms.